The van der Waals surface area contributed by atoms with E-state index in [0.717, 1.165) is 5.56 Å². The molecule has 4 rings (SSSR count). The van der Waals surface area contributed by atoms with Crippen LogP contribution in [0.5, 0.6) is 11.5 Å². The molecule has 10 heteroatoms. The molecule has 214 valence electrons. The van der Waals surface area contributed by atoms with E-state index in [0.29, 0.717) is 55.1 Å². The molecule has 2 N–H and O–H groups in total. The molecule has 0 bridgehead atoms. The van der Waals surface area contributed by atoms with Crippen LogP contribution >= 0.6 is 0 Å². The first-order chi connectivity index (χ1) is 19.0. The number of carboxylic acids is 1. The van der Waals surface area contributed by atoms with Crippen LogP contribution in [0.1, 0.15) is 67.9 Å². The molecule has 1 atom stereocenters. The monoisotopic (exact) mass is 553 g/mol. The van der Waals surface area contributed by atoms with Crippen molar-refractivity contribution in [3.63, 3.8) is 0 Å². The lowest BCUT2D eigenvalue weighted by Crippen LogP contribution is -2.55. The zero-order valence-corrected chi connectivity index (χ0v) is 23.3. The number of halogens is 1. The van der Waals surface area contributed by atoms with Crippen molar-refractivity contribution in [2.45, 2.75) is 52.0 Å². The average Bonchev–Trinajstić information content (AvgIpc) is 3.37. The number of hydrogen-bond donors (Lipinski definition) is 2. The smallest absolute Gasteiger partial charge is 0.303 e. The Bertz CT molecular complexity index is 1320. The Kier molecular flexibility index (Phi) is 8.76. The molecule has 1 unspecified atom stereocenters. The van der Waals surface area contributed by atoms with Crippen LogP contribution in [0.25, 0.3) is 0 Å². The molecule has 1 fully saturated rings. The van der Waals surface area contributed by atoms with Crippen LogP contribution in [-0.4, -0.2) is 66.0 Å². The maximum absolute atomic E-state index is 15.3. The van der Waals surface area contributed by atoms with Crippen LogP contribution in [0.3, 0.4) is 0 Å². The molecule has 40 heavy (non-hydrogen) atoms. The lowest BCUT2D eigenvalue weighted by molar-refractivity contribution is -0.140. The first kappa shape index (κ1) is 29.0. The number of aliphatic carboxylic acids is 1. The van der Waals surface area contributed by atoms with Crippen molar-refractivity contribution in [2.75, 3.05) is 26.9 Å². The van der Waals surface area contributed by atoms with Crippen molar-refractivity contribution in [3.05, 3.63) is 58.9 Å². The molecule has 9 nitrogen and oxygen atoms in total. The Morgan fingerprint density at radius 3 is 2.38 bits per heavy atom. The van der Waals surface area contributed by atoms with E-state index in [9.17, 15) is 14.4 Å². The second kappa shape index (κ2) is 12.1. The van der Waals surface area contributed by atoms with Gasteiger partial charge in [-0.3, -0.25) is 19.4 Å². The van der Waals surface area contributed by atoms with Gasteiger partial charge in [-0.2, -0.15) is 0 Å². The number of nitrogens with one attached hydrogen (secondary N) is 1. The summed E-state index contributed by atoms with van der Waals surface area (Å²) in [5.74, 6) is -1.49. The van der Waals surface area contributed by atoms with Crippen LogP contribution in [0.15, 0.2) is 41.4 Å². The lowest BCUT2D eigenvalue weighted by atomic mass is 9.82. The number of carboxylic acid groups (broad SMARTS) is 1. The van der Waals surface area contributed by atoms with Gasteiger partial charge in [-0.25, -0.2) is 4.39 Å². The Morgan fingerprint density at radius 2 is 1.75 bits per heavy atom. The number of hydrogen-bond acceptors (Lipinski definition) is 6. The number of benzene rings is 2. The van der Waals surface area contributed by atoms with Crippen molar-refractivity contribution in [2.24, 2.45) is 16.8 Å². The van der Waals surface area contributed by atoms with Gasteiger partial charge in [-0.1, -0.05) is 13.0 Å². The summed E-state index contributed by atoms with van der Waals surface area (Å²) in [6.45, 7) is 6.52. The molecule has 2 aliphatic rings. The van der Waals surface area contributed by atoms with E-state index in [1.807, 2.05) is 13.0 Å². The molecule has 2 amide bonds. The van der Waals surface area contributed by atoms with E-state index < -0.39 is 29.2 Å². The third-order valence-corrected chi connectivity index (χ3v) is 7.76. The highest BCUT2D eigenvalue weighted by molar-refractivity contribution is 6.13. The third-order valence-electron chi connectivity index (χ3n) is 7.76. The fourth-order valence-corrected chi connectivity index (χ4v) is 5.58. The Hall–Kier alpha value is -3.95. The summed E-state index contributed by atoms with van der Waals surface area (Å²) in [6.07, 6.45) is 1.85. The molecule has 0 saturated carbocycles. The van der Waals surface area contributed by atoms with Gasteiger partial charge in [-0.15, -0.1) is 0 Å². The highest BCUT2D eigenvalue weighted by Gasteiger charge is 2.39. The fraction of sp³-hybridized carbons (Fsp3) is 0.467. The quantitative estimate of drug-likeness (QED) is 0.448. The summed E-state index contributed by atoms with van der Waals surface area (Å²) in [5, 5.41) is 11.9. The van der Waals surface area contributed by atoms with E-state index >= 15 is 4.39 Å². The highest BCUT2D eigenvalue weighted by atomic mass is 19.1. The first-order valence-corrected chi connectivity index (χ1v) is 13.5. The van der Waals surface area contributed by atoms with Gasteiger partial charge < -0.3 is 24.8 Å². The van der Waals surface area contributed by atoms with Crippen LogP contribution in [0, 0.1) is 17.7 Å². The summed E-state index contributed by atoms with van der Waals surface area (Å²) in [6, 6.07) is 9.70. The molecular formula is C30H36FN3O6. The average molecular weight is 554 g/mol. The second-order valence-electron chi connectivity index (χ2n) is 10.8. The van der Waals surface area contributed by atoms with E-state index in [1.165, 1.54) is 12.1 Å². The molecule has 2 heterocycles. The van der Waals surface area contributed by atoms with Gasteiger partial charge in [0, 0.05) is 43.2 Å². The molecule has 0 aromatic heterocycles. The predicted molar refractivity (Wildman–Crippen MR) is 147 cm³/mol. The number of piperidine rings is 1. The topological polar surface area (TPSA) is 118 Å². The minimum absolute atomic E-state index is 0.0589. The summed E-state index contributed by atoms with van der Waals surface area (Å²) in [7, 11) is 1.61. The maximum Gasteiger partial charge on any atom is 0.303 e. The maximum atomic E-state index is 15.3. The van der Waals surface area contributed by atoms with Crippen molar-refractivity contribution in [1.82, 2.24) is 10.2 Å². The van der Waals surface area contributed by atoms with Gasteiger partial charge in [0.2, 0.25) is 12.7 Å². The number of ether oxygens (including phenoxy) is 2. The minimum atomic E-state index is -0.950. The van der Waals surface area contributed by atoms with E-state index in [4.69, 9.17) is 14.6 Å². The molecule has 2 aromatic rings. The van der Waals surface area contributed by atoms with E-state index in [-0.39, 0.29) is 30.6 Å². The third kappa shape index (κ3) is 6.26. The summed E-state index contributed by atoms with van der Waals surface area (Å²) >= 11 is 0. The summed E-state index contributed by atoms with van der Waals surface area (Å²) in [4.78, 5) is 43.7. The normalized spacial score (nSPS) is 16.5. The van der Waals surface area contributed by atoms with Gasteiger partial charge >= 0.3 is 5.97 Å². The summed E-state index contributed by atoms with van der Waals surface area (Å²) in [5.41, 5.74) is 0.681. The fourth-order valence-electron chi connectivity index (χ4n) is 5.58. The van der Waals surface area contributed by atoms with Gasteiger partial charge in [0.15, 0.2) is 11.5 Å². The van der Waals surface area contributed by atoms with E-state index in [2.05, 4.69) is 10.3 Å². The Morgan fingerprint density at radius 1 is 1.10 bits per heavy atom. The zero-order valence-electron chi connectivity index (χ0n) is 23.3. The minimum Gasteiger partial charge on any atom is -0.481 e. The molecule has 2 aliphatic heterocycles. The largest absolute Gasteiger partial charge is 0.481 e. The molecule has 0 radical (unpaired) electrons. The molecular weight excluding hydrogens is 517 g/mol. The molecule has 2 aromatic carbocycles. The second-order valence-corrected chi connectivity index (χ2v) is 10.8. The van der Waals surface area contributed by atoms with Crippen molar-refractivity contribution < 1.29 is 33.4 Å². The molecule has 0 spiro atoms. The van der Waals surface area contributed by atoms with Crippen LogP contribution in [0.2, 0.25) is 0 Å². The van der Waals surface area contributed by atoms with Gasteiger partial charge in [0.1, 0.15) is 5.82 Å². The summed E-state index contributed by atoms with van der Waals surface area (Å²) < 4.78 is 26.1. The lowest BCUT2D eigenvalue weighted by Gasteiger charge is -2.39. The molecule has 1 saturated heterocycles. The van der Waals surface area contributed by atoms with Crippen molar-refractivity contribution in [3.8, 4) is 11.5 Å². The number of fused-ring (bicyclic) bond motifs is 1. The predicted octanol–water partition coefficient (Wildman–Crippen LogP) is 4.27. The number of carbonyl (C=O) groups is 3. The standard InChI is InChI=1S/C30H36FN3O6/c1-5-22(29(38)34-12-10-18(11-13-34)14-26(35)36)30(2,3)33-28(37)21-8-6-19(15-23(21)31)27(32-4)20-7-9-24-25(16-20)40-17-39-24/h6-9,15-16,18,22H,5,10-14,17H2,1-4H3,(H,33,37)(H,35,36). The van der Waals surface area contributed by atoms with Gasteiger partial charge in [0.25, 0.3) is 5.91 Å². The number of aliphatic imine (C=N–C) groups is 1. The number of likely N-dealkylation sites (tertiary alicyclic amines) is 1. The van der Waals surface area contributed by atoms with Crippen LogP contribution in [-0.2, 0) is 9.59 Å². The SMILES string of the molecule is CCC(C(=O)N1CCC(CC(=O)O)CC1)C(C)(C)NC(=O)c1ccc(C(=NC)c2ccc3c(c2)OCO3)cc1F. The van der Waals surface area contributed by atoms with Crippen molar-refractivity contribution in [1.29, 1.82) is 0 Å². The van der Waals surface area contributed by atoms with Gasteiger partial charge in [0.05, 0.1) is 17.2 Å². The first-order valence-electron chi connectivity index (χ1n) is 13.5. The van der Waals surface area contributed by atoms with Crippen LogP contribution in [0.4, 0.5) is 4.39 Å². The molecule has 0 aliphatic carbocycles. The van der Waals surface area contributed by atoms with E-state index in [1.54, 1.807) is 44.0 Å². The Labute approximate surface area is 233 Å². The number of rotatable bonds is 9. The number of carbonyl (C=O) groups excluding carboxylic acids is 2. The number of nitrogens with zero attached hydrogens (tertiary/aromatic N) is 2. The Balaban J connectivity index is 1.45. The van der Waals surface area contributed by atoms with Crippen molar-refractivity contribution >= 4 is 23.5 Å². The highest BCUT2D eigenvalue weighted by Crippen LogP contribution is 2.33. The van der Waals surface area contributed by atoms with Crippen LogP contribution < -0.4 is 14.8 Å². The van der Waals surface area contributed by atoms with Gasteiger partial charge in [-0.05, 0) is 69.4 Å². The zero-order chi connectivity index (χ0) is 29.0. The number of amides is 2.